The van der Waals surface area contributed by atoms with Crippen molar-refractivity contribution in [1.82, 2.24) is 15.1 Å². The fourth-order valence-corrected chi connectivity index (χ4v) is 3.23. The molecule has 2 aromatic carbocycles. The minimum absolute atomic E-state index is 0.165. The van der Waals surface area contributed by atoms with Crippen LogP contribution in [-0.2, 0) is 17.9 Å². The summed E-state index contributed by atoms with van der Waals surface area (Å²) in [5.74, 6) is -0.830. The van der Waals surface area contributed by atoms with Gasteiger partial charge in [0.05, 0.1) is 17.8 Å². The fraction of sp³-hybridized carbons (Fsp3) is 0.190. The number of aromatic nitrogens is 2. The molecule has 3 rings (SSSR count). The minimum atomic E-state index is -0.345. The highest BCUT2D eigenvalue weighted by molar-refractivity contribution is 6.33. The van der Waals surface area contributed by atoms with E-state index in [0.717, 1.165) is 11.1 Å². The lowest BCUT2D eigenvalue weighted by atomic mass is 10.2. The van der Waals surface area contributed by atoms with Gasteiger partial charge in [-0.05, 0) is 42.3 Å². The van der Waals surface area contributed by atoms with Crippen molar-refractivity contribution < 1.29 is 14.0 Å². The van der Waals surface area contributed by atoms with Gasteiger partial charge in [0.1, 0.15) is 11.0 Å². The number of benzene rings is 2. The molecule has 0 radical (unpaired) electrons. The first-order chi connectivity index (χ1) is 13.8. The highest BCUT2D eigenvalue weighted by atomic mass is 35.5. The number of halogens is 2. The van der Waals surface area contributed by atoms with Gasteiger partial charge in [-0.25, -0.2) is 9.07 Å². The Labute approximate surface area is 172 Å². The molecular weight excluding hydrogens is 395 g/mol. The first kappa shape index (κ1) is 20.5. The molecule has 0 fully saturated rings. The van der Waals surface area contributed by atoms with Crippen molar-refractivity contribution in [2.45, 2.75) is 26.9 Å². The summed E-state index contributed by atoms with van der Waals surface area (Å²) in [4.78, 5) is 23.8. The lowest BCUT2D eigenvalue weighted by molar-refractivity contribution is -0.114. The van der Waals surface area contributed by atoms with E-state index in [1.807, 2.05) is 6.07 Å². The highest BCUT2D eigenvalue weighted by Gasteiger charge is 2.20. The molecule has 1 heterocycles. The number of hydrogen-bond acceptors (Lipinski definition) is 3. The van der Waals surface area contributed by atoms with Gasteiger partial charge < -0.3 is 10.6 Å². The van der Waals surface area contributed by atoms with Crippen LogP contribution >= 0.6 is 11.6 Å². The molecule has 1 aromatic heterocycles. The monoisotopic (exact) mass is 414 g/mol. The SMILES string of the molecule is CC(=O)Nc1cccc(CNC(=O)c2c(C)nn(Cc3ccc(F)cc3)c2Cl)c1. The van der Waals surface area contributed by atoms with Gasteiger partial charge in [0.15, 0.2) is 0 Å². The quantitative estimate of drug-likeness (QED) is 0.641. The predicted octanol–water partition coefficient (Wildman–Crippen LogP) is 3.92. The maximum atomic E-state index is 13.1. The van der Waals surface area contributed by atoms with Crippen LogP contribution in [0.5, 0.6) is 0 Å². The van der Waals surface area contributed by atoms with Gasteiger partial charge in [-0.2, -0.15) is 5.10 Å². The van der Waals surface area contributed by atoms with E-state index < -0.39 is 0 Å². The standard InChI is InChI=1S/C21H20ClFN4O2/c1-13-19(20(22)27(26-13)12-15-6-8-17(23)9-7-15)21(29)24-11-16-4-3-5-18(10-16)25-14(2)28/h3-10H,11-12H2,1-2H3,(H,24,29)(H,25,28). The fourth-order valence-electron chi connectivity index (χ4n) is 2.91. The minimum Gasteiger partial charge on any atom is -0.348 e. The smallest absolute Gasteiger partial charge is 0.256 e. The average molecular weight is 415 g/mol. The molecule has 0 aliphatic carbocycles. The van der Waals surface area contributed by atoms with Crippen LogP contribution in [-0.4, -0.2) is 21.6 Å². The summed E-state index contributed by atoms with van der Waals surface area (Å²) in [7, 11) is 0. The molecule has 0 unspecified atom stereocenters. The summed E-state index contributed by atoms with van der Waals surface area (Å²) < 4.78 is 14.6. The number of carbonyl (C=O) groups excluding carboxylic acids is 2. The Kier molecular flexibility index (Phi) is 6.29. The van der Waals surface area contributed by atoms with Gasteiger partial charge in [0.25, 0.3) is 5.91 Å². The Bertz CT molecular complexity index is 1050. The van der Waals surface area contributed by atoms with Crippen molar-refractivity contribution in [3.8, 4) is 0 Å². The van der Waals surface area contributed by atoms with Crippen LogP contribution in [0.15, 0.2) is 48.5 Å². The van der Waals surface area contributed by atoms with E-state index in [9.17, 15) is 14.0 Å². The Morgan fingerprint density at radius 1 is 1.14 bits per heavy atom. The van der Waals surface area contributed by atoms with E-state index in [2.05, 4.69) is 15.7 Å². The van der Waals surface area contributed by atoms with E-state index in [4.69, 9.17) is 11.6 Å². The summed E-state index contributed by atoms with van der Waals surface area (Å²) in [6.45, 7) is 3.74. The van der Waals surface area contributed by atoms with Crippen molar-refractivity contribution >= 4 is 29.1 Å². The number of carbonyl (C=O) groups is 2. The lowest BCUT2D eigenvalue weighted by Gasteiger charge is -2.08. The molecule has 2 amide bonds. The molecule has 29 heavy (non-hydrogen) atoms. The molecule has 0 aliphatic heterocycles. The number of hydrogen-bond donors (Lipinski definition) is 2. The van der Waals surface area contributed by atoms with Gasteiger partial charge >= 0.3 is 0 Å². The van der Waals surface area contributed by atoms with Crippen molar-refractivity contribution in [1.29, 1.82) is 0 Å². The van der Waals surface area contributed by atoms with Gasteiger partial charge in [-0.15, -0.1) is 0 Å². The number of rotatable bonds is 6. The maximum Gasteiger partial charge on any atom is 0.256 e. The summed E-state index contributed by atoms with van der Waals surface area (Å²) in [5.41, 5.74) is 3.11. The van der Waals surface area contributed by atoms with E-state index in [0.29, 0.717) is 23.5 Å². The maximum absolute atomic E-state index is 13.1. The van der Waals surface area contributed by atoms with Gasteiger partial charge in [0.2, 0.25) is 5.91 Å². The summed E-state index contributed by atoms with van der Waals surface area (Å²) >= 11 is 6.39. The van der Waals surface area contributed by atoms with E-state index in [1.54, 1.807) is 37.3 Å². The van der Waals surface area contributed by atoms with E-state index in [1.165, 1.54) is 23.7 Å². The Balaban J connectivity index is 1.70. The van der Waals surface area contributed by atoms with Gasteiger partial charge in [0, 0.05) is 19.2 Å². The number of nitrogens with zero attached hydrogens (tertiary/aromatic N) is 2. The molecule has 0 saturated carbocycles. The Morgan fingerprint density at radius 2 is 1.86 bits per heavy atom. The number of amides is 2. The Hall–Kier alpha value is -3.19. The second-order valence-electron chi connectivity index (χ2n) is 6.60. The first-order valence-electron chi connectivity index (χ1n) is 8.95. The second-order valence-corrected chi connectivity index (χ2v) is 6.96. The molecule has 8 heteroatoms. The number of aryl methyl sites for hydroxylation is 1. The van der Waals surface area contributed by atoms with Crippen LogP contribution in [0.25, 0.3) is 0 Å². The summed E-state index contributed by atoms with van der Waals surface area (Å²) in [6.07, 6.45) is 0. The van der Waals surface area contributed by atoms with Crippen LogP contribution in [0, 0.1) is 12.7 Å². The molecule has 0 atom stereocenters. The number of anilines is 1. The molecule has 0 spiro atoms. The molecule has 6 nitrogen and oxygen atoms in total. The summed E-state index contributed by atoms with van der Waals surface area (Å²) in [5, 5.41) is 10.1. The normalized spacial score (nSPS) is 10.6. The number of nitrogens with one attached hydrogen (secondary N) is 2. The first-order valence-corrected chi connectivity index (χ1v) is 9.33. The second kappa shape index (κ2) is 8.87. The van der Waals surface area contributed by atoms with Crippen molar-refractivity contribution in [2.24, 2.45) is 0 Å². The average Bonchev–Trinajstić information content (AvgIpc) is 2.95. The topological polar surface area (TPSA) is 76.0 Å². The van der Waals surface area contributed by atoms with Crippen LogP contribution in [0.4, 0.5) is 10.1 Å². The summed E-state index contributed by atoms with van der Waals surface area (Å²) in [6, 6.07) is 13.2. The molecule has 0 bridgehead atoms. The third-order valence-corrected chi connectivity index (χ3v) is 4.62. The zero-order valence-corrected chi connectivity index (χ0v) is 16.8. The third-order valence-electron chi connectivity index (χ3n) is 4.24. The van der Waals surface area contributed by atoms with Crippen molar-refractivity contribution in [3.05, 3.63) is 81.9 Å². The zero-order valence-electron chi connectivity index (χ0n) is 16.0. The zero-order chi connectivity index (χ0) is 21.0. The van der Waals surface area contributed by atoms with Gasteiger partial charge in [-0.1, -0.05) is 35.9 Å². The molecule has 2 N–H and O–H groups in total. The van der Waals surface area contributed by atoms with Crippen LogP contribution < -0.4 is 10.6 Å². The molecule has 0 aliphatic rings. The Morgan fingerprint density at radius 3 is 2.55 bits per heavy atom. The largest absolute Gasteiger partial charge is 0.348 e. The third kappa shape index (κ3) is 5.20. The molecule has 3 aromatic rings. The van der Waals surface area contributed by atoms with E-state index >= 15 is 0 Å². The van der Waals surface area contributed by atoms with Crippen LogP contribution in [0.3, 0.4) is 0 Å². The van der Waals surface area contributed by atoms with E-state index in [-0.39, 0.29) is 29.3 Å². The lowest BCUT2D eigenvalue weighted by Crippen LogP contribution is -2.23. The van der Waals surface area contributed by atoms with Crippen LogP contribution in [0.1, 0.15) is 34.1 Å². The van der Waals surface area contributed by atoms with Crippen molar-refractivity contribution in [3.63, 3.8) is 0 Å². The highest BCUT2D eigenvalue weighted by Crippen LogP contribution is 2.21. The van der Waals surface area contributed by atoms with Gasteiger partial charge in [-0.3, -0.25) is 9.59 Å². The molecular formula is C21H20ClFN4O2. The molecule has 0 saturated heterocycles. The van der Waals surface area contributed by atoms with Crippen LogP contribution in [0.2, 0.25) is 5.15 Å². The molecule has 150 valence electrons. The van der Waals surface area contributed by atoms with Crippen molar-refractivity contribution in [2.75, 3.05) is 5.32 Å². The predicted molar refractivity (Wildman–Crippen MR) is 109 cm³/mol.